The fourth-order valence-corrected chi connectivity index (χ4v) is 0.675. The molecule has 0 saturated heterocycles. The van der Waals surface area contributed by atoms with Gasteiger partial charge in [-0.15, -0.1) is 0 Å². The summed E-state index contributed by atoms with van der Waals surface area (Å²) in [4.78, 5) is 10.3. The van der Waals surface area contributed by atoms with Crippen molar-refractivity contribution in [1.82, 2.24) is 10.2 Å². The van der Waals surface area contributed by atoms with Crippen LogP contribution in [-0.2, 0) is 4.79 Å². The predicted molar refractivity (Wildman–Crippen MR) is 42.8 cm³/mol. The third-order valence-corrected chi connectivity index (χ3v) is 1.11. The summed E-state index contributed by atoms with van der Waals surface area (Å²) in [7, 11) is 0. The monoisotopic (exact) mass is 161 g/mol. The first kappa shape index (κ1) is 8.21. The first-order chi connectivity index (χ1) is 5.68. The van der Waals surface area contributed by atoms with Crippen molar-refractivity contribution in [3.05, 3.63) is 23.5 Å². The van der Waals surface area contributed by atoms with Crippen LogP contribution in [0.4, 0.5) is 0 Å². The molecule has 0 unspecified atom stereocenters. The van der Waals surface area contributed by atoms with Gasteiger partial charge >= 0.3 is 0 Å². The quantitative estimate of drug-likeness (QED) is 0.527. The van der Waals surface area contributed by atoms with Gasteiger partial charge in [-0.25, -0.2) is 0 Å². The molecule has 0 aromatic carbocycles. The molecule has 1 aromatic heterocycles. The molecule has 0 spiro atoms. The second kappa shape index (κ2) is 3.49. The number of amides is 1. The molecule has 0 bridgehead atoms. The van der Waals surface area contributed by atoms with Crippen LogP contribution in [0.3, 0.4) is 0 Å². The van der Waals surface area contributed by atoms with Crippen molar-refractivity contribution in [2.24, 2.45) is 5.73 Å². The zero-order valence-corrected chi connectivity index (χ0v) is 6.53. The highest BCUT2D eigenvalue weighted by Gasteiger charge is 1.89. The van der Waals surface area contributed by atoms with Gasteiger partial charge in [-0.2, -0.15) is 10.2 Å². The summed E-state index contributed by atoms with van der Waals surface area (Å²) in [6.45, 7) is 1.79. The van der Waals surface area contributed by atoms with E-state index in [-0.39, 0.29) is 0 Å². The van der Waals surface area contributed by atoms with Crippen LogP contribution in [0, 0.1) is 18.8 Å². The number of nitrogens with zero attached hydrogens (tertiary/aromatic N) is 2. The minimum absolute atomic E-state index is 0.640. The van der Waals surface area contributed by atoms with Crippen molar-refractivity contribution in [1.29, 1.82) is 0 Å². The zero-order valence-electron chi connectivity index (χ0n) is 6.53. The first-order valence-corrected chi connectivity index (χ1v) is 3.29. The predicted octanol–water partition coefficient (Wildman–Crippen LogP) is -0.378. The number of nitrogens with two attached hydrogens (primary N) is 1. The molecule has 1 amide bonds. The van der Waals surface area contributed by atoms with Crippen LogP contribution in [0.2, 0.25) is 0 Å². The van der Waals surface area contributed by atoms with E-state index in [1.165, 1.54) is 6.20 Å². The lowest BCUT2D eigenvalue weighted by atomic mass is 10.3. The molecule has 1 rings (SSSR count). The summed E-state index contributed by atoms with van der Waals surface area (Å²) >= 11 is 0. The molecule has 1 aromatic rings. The Kier molecular flexibility index (Phi) is 2.38. The molecule has 0 atom stereocenters. The van der Waals surface area contributed by atoms with Crippen molar-refractivity contribution < 1.29 is 4.79 Å². The maximum absolute atomic E-state index is 10.3. The van der Waals surface area contributed by atoms with Crippen molar-refractivity contribution in [3.63, 3.8) is 0 Å². The molecular weight excluding hydrogens is 154 g/mol. The van der Waals surface area contributed by atoms with Crippen molar-refractivity contribution >= 4 is 5.91 Å². The van der Waals surface area contributed by atoms with E-state index in [2.05, 4.69) is 22.0 Å². The molecule has 60 valence electrons. The number of aryl methyl sites for hydroxylation is 1. The highest BCUT2D eigenvalue weighted by molar-refractivity contribution is 5.92. The number of rotatable bonds is 0. The second-order valence-electron chi connectivity index (χ2n) is 2.20. The van der Waals surface area contributed by atoms with Gasteiger partial charge in [0.15, 0.2) is 0 Å². The molecule has 4 nitrogen and oxygen atoms in total. The van der Waals surface area contributed by atoms with E-state index >= 15 is 0 Å². The smallest absolute Gasteiger partial charge is 0.293 e. The number of carbonyl (C=O) groups is 1. The maximum Gasteiger partial charge on any atom is 0.293 e. The van der Waals surface area contributed by atoms with E-state index in [9.17, 15) is 4.79 Å². The Bertz CT molecular complexity index is 362. The van der Waals surface area contributed by atoms with Gasteiger partial charge in [-0.05, 0) is 13.0 Å². The van der Waals surface area contributed by atoms with Crippen LogP contribution in [0.5, 0.6) is 0 Å². The molecule has 0 aliphatic heterocycles. The summed E-state index contributed by atoms with van der Waals surface area (Å²) in [5.74, 6) is 4.12. The highest BCUT2D eigenvalue weighted by Crippen LogP contribution is 1.94. The fraction of sp³-hybridized carbons (Fsp3) is 0.125. The number of primary amides is 1. The maximum atomic E-state index is 10.3. The normalized spacial score (nSPS) is 8.42. The summed E-state index contributed by atoms with van der Waals surface area (Å²) in [6.07, 6.45) is 1.48. The van der Waals surface area contributed by atoms with Crippen molar-refractivity contribution in [2.75, 3.05) is 0 Å². The lowest BCUT2D eigenvalue weighted by Gasteiger charge is -1.89. The Balaban J connectivity index is 2.92. The van der Waals surface area contributed by atoms with Gasteiger partial charge in [0.05, 0.1) is 11.9 Å². The Morgan fingerprint density at radius 1 is 1.67 bits per heavy atom. The van der Waals surface area contributed by atoms with Gasteiger partial charge in [0, 0.05) is 11.5 Å². The summed E-state index contributed by atoms with van der Waals surface area (Å²) < 4.78 is 0. The fourth-order valence-electron chi connectivity index (χ4n) is 0.675. The Morgan fingerprint density at radius 3 is 3.00 bits per heavy atom. The highest BCUT2D eigenvalue weighted by atomic mass is 16.1. The summed E-state index contributed by atoms with van der Waals surface area (Å²) in [5, 5.41) is 7.39. The molecule has 2 N–H and O–H groups in total. The molecule has 0 saturated carbocycles. The lowest BCUT2D eigenvalue weighted by Crippen LogP contribution is -2.06. The van der Waals surface area contributed by atoms with E-state index < -0.39 is 5.91 Å². The van der Waals surface area contributed by atoms with E-state index in [0.717, 1.165) is 5.69 Å². The number of hydrogen-bond donors (Lipinski definition) is 1. The third-order valence-electron chi connectivity index (χ3n) is 1.11. The van der Waals surface area contributed by atoms with Gasteiger partial charge in [0.25, 0.3) is 5.91 Å². The van der Waals surface area contributed by atoms with Gasteiger partial charge < -0.3 is 5.73 Å². The molecule has 0 aliphatic carbocycles. The van der Waals surface area contributed by atoms with Crippen LogP contribution in [0.1, 0.15) is 11.3 Å². The van der Waals surface area contributed by atoms with Crippen molar-refractivity contribution in [2.45, 2.75) is 6.92 Å². The summed E-state index contributed by atoms with van der Waals surface area (Å²) in [6, 6.07) is 1.73. The average Bonchev–Trinajstić information content (AvgIpc) is 2.01. The van der Waals surface area contributed by atoms with E-state index in [4.69, 9.17) is 5.73 Å². The Labute approximate surface area is 69.8 Å². The first-order valence-electron chi connectivity index (χ1n) is 3.29. The van der Waals surface area contributed by atoms with Crippen LogP contribution in [0.25, 0.3) is 0 Å². The van der Waals surface area contributed by atoms with E-state index in [1.807, 2.05) is 0 Å². The SMILES string of the molecule is Cc1cc(C#CC(N)=O)cnn1. The Hall–Kier alpha value is -1.89. The molecule has 12 heavy (non-hydrogen) atoms. The summed E-state index contributed by atoms with van der Waals surface area (Å²) in [5.41, 5.74) is 6.23. The topological polar surface area (TPSA) is 68.9 Å². The zero-order chi connectivity index (χ0) is 8.97. The van der Waals surface area contributed by atoms with Gasteiger partial charge in [-0.3, -0.25) is 4.79 Å². The van der Waals surface area contributed by atoms with Gasteiger partial charge in [0.1, 0.15) is 0 Å². The van der Waals surface area contributed by atoms with E-state index in [1.54, 1.807) is 13.0 Å². The number of carbonyl (C=O) groups excluding carboxylic acids is 1. The molecule has 0 aliphatic rings. The Morgan fingerprint density at radius 2 is 2.42 bits per heavy atom. The van der Waals surface area contributed by atoms with Gasteiger partial charge in [0.2, 0.25) is 0 Å². The van der Waals surface area contributed by atoms with Crippen molar-refractivity contribution in [3.8, 4) is 11.8 Å². The van der Waals surface area contributed by atoms with Crippen LogP contribution >= 0.6 is 0 Å². The minimum atomic E-state index is -0.649. The lowest BCUT2D eigenvalue weighted by molar-refractivity contribution is -0.112. The molecule has 0 radical (unpaired) electrons. The van der Waals surface area contributed by atoms with Crippen LogP contribution in [0.15, 0.2) is 12.3 Å². The third kappa shape index (κ3) is 2.39. The average molecular weight is 161 g/mol. The molecular formula is C8H7N3O. The molecule has 1 heterocycles. The second-order valence-corrected chi connectivity index (χ2v) is 2.20. The minimum Gasteiger partial charge on any atom is -0.359 e. The largest absolute Gasteiger partial charge is 0.359 e. The molecule has 4 heteroatoms. The van der Waals surface area contributed by atoms with E-state index in [0.29, 0.717) is 5.56 Å². The standard InChI is InChI=1S/C8H7N3O/c1-6-4-7(5-10-11-6)2-3-8(9)12/h4-5H,1H3,(H2,9,12). The molecule has 0 fully saturated rings. The van der Waals surface area contributed by atoms with Gasteiger partial charge in [-0.1, -0.05) is 5.92 Å². The van der Waals surface area contributed by atoms with Crippen LogP contribution in [-0.4, -0.2) is 16.1 Å². The number of aromatic nitrogens is 2. The number of hydrogen-bond acceptors (Lipinski definition) is 3. The van der Waals surface area contributed by atoms with Crippen LogP contribution < -0.4 is 5.73 Å².